The van der Waals surface area contributed by atoms with Gasteiger partial charge in [-0.15, -0.1) is 0 Å². The molecule has 0 aliphatic rings. The number of hydrogen-bond acceptors (Lipinski definition) is 3. The summed E-state index contributed by atoms with van der Waals surface area (Å²) in [6.07, 6.45) is 6.48. The molecule has 0 amide bonds. The predicted octanol–water partition coefficient (Wildman–Crippen LogP) is 1.51. The second-order valence-corrected chi connectivity index (χ2v) is 3.72. The molecule has 2 N–H and O–H groups in total. The van der Waals surface area contributed by atoms with Crippen molar-refractivity contribution >= 4 is 5.78 Å². The van der Waals surface area contributed by atoms with E-state index in [4.69, 9.17) is 5.73 Å². The molecule has 0 bridgehead atoms. The van der Waals surface area contributed by atoms with Gasteiger partial charge < -0.3 is 5.73 Å². The molecular formula is C11H19N3O. The van der Waals surface area contributed by atoms with Gasteiger partial charge in [0.15, 0.2) is 5.78 Å². The Morgan fingerprint density at radius 3 is 2.73 bits per heavy atom. The molecule has 4 nitrogen and oxygen atoms in total. The van der Waals surface area contributed by atoms with Crippen LogP contribution in [0.25, 0.3) is 0 Å². The SMILES string of the molecule is Cn1nccc1C(=O)CCCCCCN. The summed E-state index contributed by atoms with van der Waals surface area (Å²) in [7, 11) is 1.79. The Morgan fingerprint density at radius 2 is 2.13 bits per heavy atom. The molecule has 0 saturated heterocycles. The van der Waals surface area contributed by atoms with Crippen LogP contribution in [0, 0.1) is 0 Å². The third-order valence-corrected chi connectivity index (χ3v) is 2.46. The zero-order valence-corrected chi connectivity index (χ0v) is 9.28. The molecule has 15 heavy (non-hydrogen) atoms. The van der Waals surface area contributed by atoms with Gasteiger partial charge >= 0.3 is 0 Å². The van der Waals surface area contributed by atoms with Crippen LogP contribution in [0.1, 0.15) is 42.6 Å². The van der Waals surface area contributed by atoms with E-state index in [-0.39, 0.29) is 5.78 Å². The third kappa shape index (κ3) is 3.83. The van der Waals surface area contributed by atoms with Gasteiger partial charge in [0.05, 0.1) is 0 Å². The summed E-state index contributed by atoms with van der Waals surface area (Å²) in [5.41, 5.74) is 6.09. The van der Waals surface area contributed by atoms with E-state index in [1.165, 1.54) is 0 Å². The molecule has 0 fully saturated rings. The standard InChI is InChI=1S/C11H19N3O/c1-14-10(7-9-13-14)11(15)6-4-2-3-5-8-12/h7,9H,2-6,8,12H2,1H3. The Morgan fingerprint density at radius 1 is 1.40 bits per heavy atom. The summed E-state index contributed by atoms with van der Waals surface area (Å²) in [6, 6.07) is 1.77. The largest absolute Gasteiger partial charge is 0.330 e. The van der Waals surface area contributed by atoms with Gasteiger partial charge in [0, 0.05) is 19.7 Å². The molecule has 0 spiro atoms. The number of rotatable bonds is 7. The first-order valence-electron chi connectivity index (χ1n) is 5.47. The Labute approximate surface area is 90.5 Å². The minimum atomic E-state index is 0.183. The normalized spacial score (nSPS) is 10.5. The summed E-state index contributed by atoms with van der Waals surface area (Å²) in [6.45, 7) is 0.746. The molecular weight excluding hydrogens is 190 g/mol. The van der Waals surface area contributed by atoms with E-state index >= 15 is 0 Å². The van der Waals surface area contributed by atoms with E-state index < -0.39 is 0 Å². The highest BCUT2D eigenvalue weighted by Gasteiger charge is 2.08. The molecule has 4 heteroatoms. The van der Waals surface area contributed by atoms with E-state index in [9.17, 15) is 4.79 Å². The number of aryl methyl sites for hydroxylation is 1. The highest BCUT2D eigenvalue weighted by molar-refractivity contribution is 5.94. The summed E-state index contributed by atoms with van der Waals surface area (Å²) in [4.78, 5) is 11.7. The average Bonchev–Trinajstić information content (AvgIpc) is 2.64. The van der Waals surface area contributed by atoms with Gasteiger partial charge in [0.1, 0.15) is 5.69 Å². The zero-order chi connectivity index (χ0) is 11.1. The number of unbranched alkanes of at least 4 members (excludes halogenated alkanes) is 3. The second kappa shape index (κ2) is 6.35. The molecule has 84 valence electrons. The highest BCUT2D eigenvalue weighted by Crippen LogP contribution is 2.07. The minimum Gasteiger partial charge on any atom is -0.330 e. The quantitative estimate of drug-likeness (QED) is 0.547. The van der Waals surface area contributed by atoms with Crippen LogP contribution < -0.4 is 5.73 Å². The summed E-state index contributed by atoms with van der Waals surface area (Å²) in [5, 5.41) is 3.97. The van der Waals surface area contributed by atoms with E-state index in [1.54, 1.807) is 24.0 Å². The molecule has 0 aliphatic carbocycles. The molecule has 1 rings (SSSR count). The van der Waals surface area contributed by atoms with Crippen molar-refractivity contribution in [2.75, 3.05) is 6.54 Å². The first-order valence-corrected chi connectivity index (χ1v) is 5.47. The number of nitrogens with zero attached hydrogens (tertiary/aromatic N) is 2. The van der Waals surface area contributed by atoms with Crippen molar-refractivity contribution in [3.63, 3.8) is 0 Å². The monoisotopic (exact) mass is 209 g/mol. The number of hydrogen-bond donors (Lipinski definition) is 1. The van der Waals surface area contributed by atoms with Crippen molar-refractivity contribution < 1.29 is 4.79 Å². The lowest BCUT2D eigenvalue weighted by Gasteiger charge is -2.01. The Kier molecular flexibility index (Phi) is 5.04. The van der Waals surface area contributed by atoms with E-state index in [0.717, 1.165) is 32.2 Å². The Balaban J connectivity index is 2.22. The van der Waals surface area contributed by atoms with Crippen LogP contribution in [-0.4, -0.2) is 22.1 Å². The van der Waals surface area contributed by atoms with Crippen LogP contribution in [0.5, 0.6) is 0 Å². The van der Waals surface area contributed by atoms with Crippen molar-refractivity contribution in [3.8, 4) is 0 Å². The molecule has 1 aromatic rings. The highest BCUT2D eigenvalue weighted by atomic mass is 16.1. The fourth-order valence-corrected chi connectivity index (χ4v) is 1.56. The maximum Gasteiger partial charge on any atom is 0.180 e. The van der Waals surface area contributed by atoms with Crippen LogP contribution in [-0.2, 0) is 7.05 Å². The fourth-order valence-electron chi connectivity index (χ4n) is 1.56. The molecule has 0 aromatic carbocycles. The van der Waals surface area contributed by atoms with Crippen molar-refractivity contribution in [3.05, 3.63) is 18.0 Å². The molecule has 0 unspecified atom stereocenters. The van der Waals surface area contributed by atoms with Crippen LogP contribution in [0.15, 0.2) is 12.3 Å². The second-order valence-electron chi connectivity index (χ2n) is 3.72. The van der Waals surface area contributed by atoms with Crippen LogP contribution in [0.3, 0.4) is 0 Å². The van der Waals surface area contributed by atoms with Gasteiger partial charge in [-0.1, -0.05) is 12.8 Å². The Bertz CT molecular complexity index is 307. The third-order valence-electron chi connectivity index (χ3n) is 2.46. The van der Waals surface area contributed by atoms with Crippen molar-refractivity contribution in [1.82, 2.24) is 9.78 Å². The lowest BCUT2D eigenvalue weighted by Crippen LogP contribution is -2.06. The first kappa shape index (κ1) is 11.9. The number of aromatic nitrogens is 2. The van der Waals surface area contributed by atoms with Gasteiger partial charge in [0.25, 0.3) is 0 Å². The molecule has 0 radical (unpaired) electrons. The maximum atomic E-state index is 11.7. The minimum absolute atomic E-state index is 0.183. The van der Waals surface area contributed by atoms with E-state index in [0.29, 0.717) is 12.1 Å². The lowest BCUT2D eigenvalue weighted by molar-refractivity contribution is 0.0970. The van der Waals surface area contributed by atoms with Crippen molar-refractivity contribution in [2.24, 2.45) is 12.8 Å². The van der Waals surface area contributed by atoms with Gasteiger partial charge in [-0.25, -0.2) is 0 Å². The smallest absolute Gasteiger partial charge is 0.180 e. The van der Waals surface area contributed by atoms with Crippen LogP contribution in [0.2, 0.25) is 0 Å². The fraction of sp³-hybridized carbons (Fsp3) is 0.636. The van der Waals surface area contributed by atoms with E-state index in [2.05, 4.69) is 5.10 Å². The molecule has 0 saturated carbocycles. The van der Waals surface area contributed by atoms with Crippen LogP contribution >= 0.6 is 0 Å². The topological polar surface area (TPSA) is 60.9 Å². The average molecular weight is 209 g/mol. The molecule has 0 atom stereocenters. The maximum absolute atomic E-state index is 11.7. The summed E-state index contributed by atoms with van der Waals surface area (Å²) < 4.78 is 1.63. The lowest BCUT2D eigenvalue weighted by atomic mass is 10.1. The summed E-state index contributed by atoms with van der Waals surface area (Å²) >= 11 is 0. The number of Topliss-reactive ketones (excluding diaryl/α,β-unsaturated/α-hetero) is 1. The molecule has 1 aromatic heterocycles. The molecule has 1 heterocycles. The number of carbonyl (C=O) groups is 1. The van der Waals surface area contributed by atoms with Gasteiger partial charge in [0.2, 0.25) is 0 Å². The predicted molar refractivity (Wildman–Crippen MR) is 59.7 cm³/mol. The first-order chi connectivity index (χ1) is 7.25. The zero-order valence-electron chi connectivity index (χ0n) is 9.28. The number of nitrogens with two attached hydrogens (primary N) is 1. The number of carbonyl (C=O) groups excluding carboxylic acids is 1. The Hall–Kier alpha value is -1.16. The van der Waals surface area contributed by atoms with Gasteiger partial charge in [-0.3, -0.25) is 9.48 Å². The van der Waals surface area contributed by atoms with Crippen LogP contribution in [0.4, 0.5) is 0 Å². The van der Waals surface area contributed by atoms with Gasteiger partial charge in [-0.2, -0.15) is 5.10 Å². The molecule has 0 aliphatic heterocycles. The van der Waals surface area contributed by atoms with Gasteiger partial charge in [-0.05, 0) is 25.5 Å². The van der Waals surface area contributed by atoms with E-state index in [1.807, 2.05) is 0 Å². The summed E-state index contributed by atoms with van der Waals surface area (Å²) in [5.74, 6) is 0.183. The van der Waals surface area contributed by atoms with Crippen molar-refractivity contribution in [1.29, 1.82) is 0 Å². The van der Waals surface area contributed by atoms with Crippen molar-refractivity contribution in [2.45, 2.75) is 32.1 Å². The number of ketones is 1.